The summed E-state index contributed by atoms with van der Waals surface area (Å²) in [6.45, 7) is 0.491. The average molecular weight is 333 g/mol. The first-order chi connectivity index (χ1) is 11.6. The van der Waals surface area contributed by atoms with Gasteiger partial charge in [0.25, 0.3) is 5.91 Å². The van der Waals surface area contributed by atoms with Crippen LogP contribution in [0.2, 0.25) is 0 Å². The molecule has 1 aromatic carbocycles. The van der Waals surface area contributed by atoms with E-state index in [2.05, 4.69) is 20.8 Å². The van der Waals surface area contributed by atoms with Gasteiger partial charge in [-0.15, -0.1) is 5.10 Å². The fourth-order valence-electron chi connectivity index (χ4n) is 2.16. The second-order valence-corrected chi connectivity index (χ2v) is 5.10. The number of unbranched alkanes of at least 4 members (excludes halogenated alkanes) is 2. The normalized spacial score (nSPS) is 10.4. The summed E-state index contributed by atoms with van der Waals surface area (Å²) >= 11 is 0. The van der Waals surface area contributed by atoms with Gasteiger partial charge in [0.1, 0.15) is 17.8 Å². The number of aliphatic carboxylic acids is 1. The van der Waals surface area contributed by atoms with E-state index in [0.717, 1.165) is 12.8 Å². The fourth-order valence-corrected chi connectivity index (χ4v) is 2.16. The second kappa shape index (κ2) is 8.61. The Balaban J connectivity index is 1.93. The predicted octanol–water partition coefficient (Wildman–Crippen LogP) is 1.05. The van der Waals surface area contributed by atoms with Gasteiger partial charge in [0, 0.05) is 18.5 Å². The first kappa shape index (κ1) is 17.4. The molecule has 0 aliphatic rings. The van der Waals surface area contributed by atoms with Crippen molar-refractivity contribution in [3.05, 3.63) is 30.1 Å². The van der Waals surface area contributed by atoms with E-state index >= 15 is 0 Å². The van der Waals surface area contributed by atoms with E-state index in [1.807, 2.05) is 0 Å². The van der Waals surface area contributed by atoms with Gasteiger partial charge in [0.15, 0.2) is 0 Å². The molecule has 24 heavy (non-hydrogen) atoms. The molecule has 0 aliphatic heterocycles. The van der Waals surface area contributed by atoms with Crippen LogP contribution in [-0.4, -0.2) is 50.8 Å². The van der Waals surface area contributed by atoms with E-state index in [9.17, 15) is 9.59 Å². The smallest absolute Gasteiger partial charge is 0.303 e. The van der Waals surface area contributed by atoms with Gasteiger partial charge in [-0.2, -0.15) is 4.68 Å². The average Bonchev–Trinajstić information content (AvgIpc) is 3.11. The van der Waals surface area contributed by atoms with Crippen LogP contribution < -0.4 is 10.1 Å². The van der Waals surface area contributed by atoms with Crippen LogP contribution in [0.3, 0.4) is 0 Å². The van der Waals surface area contributed by atoms with Gasteiger partial charge in [-0.1, -0.05) is 6.42 Å². The van der Waals surface area contributed by atoms with Crippen LogP contribution in [-0.2, 0) is 4.79 Å². The van der Waals surface area contributed by atoms with Gasteiger partial charge >= 0.3 is 5.97 Å². The molecule has 0 atom stereocenters. The molecule has 1 amide bonds. The minimum atomic E-state index is -0.799. The molecular formula is C15H19N5O4. The molecule has 9 nitrogen and oxygen atoms in total. The number of methoxy groups -OCH3 is 1. The first-order valence-electron chi connectivity index (χ1n) is 7.53. The lowest BCUT2D eigenvalue weighted by Gasteiger charge is -2.10. The Morgan fingerprint density at radius 3 is 2.79 bits per heavy atom. The van der Waals surface area contributed by atoms with E-state index in [1.165, 1.54) is 18.1 Å². The number of nitrogens with zero attached hydrogens (tertiary/aromatic N) is 4. The van der Waals surface area contributed by atoms with Crippen LogP contribution in [0.15, 0.2) is 24.5 Å². The maximum atomic E-state index is 12.2. The lowest BCUT2D eigenvalue weighted by molar-refractivity contribution is -0.137. The number of carboxylic acid groups (broad SMARTS) is 1. The van der Waals surface area contributed by atoms with E-state index in [4.69, 9.17) is 9.84 Å². The molecule has 9 heteroatoms. The molecule has 0 aliphatic carbocycles. The summed E-state index contributed by atoms with van der Waals surface area (Å²) in [5, 5.41) is 22.3. The van der Waals surface area contributed by atoms with Crippen molar-refractivity contribution < 1.29 is 19.4 Å². The second-order valence-electron chi connectivity index (χ2n) is 5.10. The van der Waals surface area contributed by atoms with Gasteiger partial charge < -0.3 is 15.2 Å². The van der Waals surface area contributed by atoms with Crippen LogP contribution in [0.4, 0.5) is 0 Å². The number of carbonyl (C=O) groups is 2. The number of hydrogen-bond donors (Lipinski definition) is 2. The highest BCUT2D eigenvalue weighted by atomic mass is 16.5. The van der Waals surface area contributed by atoms with Crippen molar-refractivity contribution in [2.45, 2.75) is 25.7 Å². The summed E-state index contributed by atoms with van der Waals surface area (Å²) in [4.78, 5) is 22.6. The van der Waals surface area contributed by atoms with Gasteiger partial charge in [-0.25, -0.2) is 0 Å². The highest BCUT2D eigenvalue weighted by Crippen LogP contribution is 2.22. The van der Waals surface area contributed by atoms with Gasteiger partial charge in [-0.05, 0) is 41.5 Å². The maximum absolute atomic E-state index is 12.2. The maximum Gasteiger partial charge on any atom is 0.303 e. The molecule has 128 valence electrons. The summed E-state index contributed by atoms with van der Waals surface area (Å²) < 4.78 is 6.67. The standard InChI is InChI=1S/C15H19N5O4/c1-24-13-7-6-11(9-12(13)20-10-17-18-19-20)15(23)16-8-4-2-3-5-14(21)22/h6-7,9-10H,2-5,8H2,1H3,(H,16,23)(H,21,22). The SMILES string of the molecule is COc1ccc(C(=O)NCCCCCC(=O)O)cc1-n1cnnn1. The van der Waals surface area contributed by atoms with Crippen molar-refractivity contribution in [2.24, 2.45) is 0 Å². The Morgan fingerprint density at radius 1 is 1.29 bits per heavy atom. The fraction of sp³-hybridized carbons (Fsp3) is 0.400. The van der Waals surface area contributed by atoms with Crippen molar-refractivity contribution in [2.75, 3.05) is 13.7 Å². The molecule has 0 radical (unpaired) electrons. The van der Waals surface area contributed by atoms with Crippen molar-refractivity contribution >= 4 is 11.9 Å². The Hall–Kier alpha value is -2.97. The number of tetrazole rings is 1. The molecule has 1 heterocycles. The predicted molar refractivity (Wildman–Crippen MR) is 84.1 cm³/mol. The Morgan fingerprint density at radius 2 is 2.12 bits per heavy atom. The summed E-state index contributed by atoms with van der Waals surface area (Å²) in [6.07, 6.45) is 3.67. The number of amides is 1. The third-order valence-corrected chi connectivity index (χ3v) is 3.39. The topological polar surface area (TPSA) is 119 Å². The Bertz CT molecular complexity index is 687. The van der Waals surface area contributed by atoms with Crippen LogP contribution in [0.1, 0.15) is 36.0 Å². The zero-order valence-corrected chi connectivity index (χ0v) is 13.3. The van der Waals surface area contributed by atoms with Crippen LogP contribution in [0, 0.1) is 0 Å². The quantitative estimate of drug-likeness (QED) is 0.658. The number of benzene rings is 1. The lowest BCUT2D eigenvalue weighted by atomic mass is 10.1. The third kappa shape index (κ3) is 4.77. The number of ether oxygens (including phenoxy) is 1. The van der Waals surface area contributed by atoms with Crippen molar-refractivity contribution in [1.82, 2.24) is 25.5 Å². The minimum absolute atomic E-state index is 0.154. The molecule has 2 aromatic rings. The van der Waals surface area contributed by atoms with Gasteiger partial charge in [-0.3, -0.25) is 9.59 Å². The summed E-state index contributed by atoms with van der Waals surface area (Å²) in [5.74, 6) is -0.467. The molecule has 2 rings (SSSR count). The third-order valence-electron chi connectivity index (χ3n) is 3.39. The number of nitrogens with one attached hydrogen (secondary N) is 1. The molecule has 0 fully saturated rings. The molecule has 0 unspecified atom stereocenters. The molecular weight excluding hydrogens is 314 g/mol. The number of hydrogen-bond acceptors (Lipinski definition) is 6. The summed E-state index contributed by atoms with van der Waals surface area (Å²) in [6, 6.07) is 4.99. The number of carbonyl (C=O) groups excluding carboxylic acids is 1. The molecule has 0 bridgehead atoms. The summed E-state index contributed by atoms with van der Waals surface area (Å²) in [7, 11) is 1.53. The first-order valence-corrected chi connectivity index (χ1v) is 7.53. The van der Waals surface area contributed by atoms with E-state index < -0.39 is 5.97 Å². The molecule has 0 saturated carbocycles. The molecule has 1 aromatic heterocycles. The number of rotatable bonds is 9. The van der Waals surface area contributed by atoms with E-state index in [1.54, 1.807) is 18.2 Å². The largest absolute Gasteiger partial charge is 0.494 e. The zero-order valence-electron chi connectivity index (χ0n) is 13.3. The van der Waals surface area contributed by atoms with Crippen LogP contribution >= 0.6 is 0 Å². The van der Waals surface area contributed by atoms with Crippen LogP contribution in [0.5, 0.6) is 5.75 Å². The van der Waals surface area contributed by atoms with E-state index in [-0.39, 0.29) is 12.3 Å². The highest BCUT2D eigenvalue weighted by molar-refractivity contribution is 5.95. The number of aromatic nitrogens is 4. The zero-order chi connectivity index (χ0) is 17.4. The van der Waals surface area contributed by atoms with Crippen molar-refractivity contribution in [1.29, 1.82) is 0 Å². The Labute approximate surface area is 138 Å². The Kier molecular flexibility index (Phi) is 6.23. The highest BCUT2D eigenvalue weighted by Gasteiger charge is 2.12. The van der Waals surface area contributed by atoms with Crippen LogP contribution in [0.25, 0.3) is 5.69 Å². The van der Waals surface area contributed by atoms with Crippen molar-refractivity contribution in [3.8, 4) is 11.4 Å². The van der Waals surface area contributed by atoms with Gasteiger partial charge in [0.05, 0.1) is 7.11 Å². The van der Waals surface area contributed by atoms with Gasteiger partial charge in [0.2, 0.25) is 0 Å². The molecule has 2 N–H and O–H groups in total. The summed E-state index contributed by atoms with van der Waals surface area (Å²) in [5.41, 5.74) is 1.03. The molecule has 0 saturated heterocycles. The van der Waals surface area contributed by atoms with E-state index in [0.29, 0.717) is 30.0 Å². The lowest BCUT2D eigenvalue weighted by Crippen LogP contribution is -2.24. The monoisotopic (exact) mass is 333 g/mol. The minimum Gasteiger partial charge on any atom is -0.494 e. The molecule has 0 spiro atoms. The van der Waals surface area contributed by atoms with Crippen molar-refractivity contribution in [3.63, 3.8) is 0 Å². The number of carboxylic acids is 1.